The van der Waals surface area contributed by atoms with E-state index in [4.69, 9.17) is 9.47 Å². The van der Waals surface area contributed by atoms with Gasteiger partial charge in [0.2, 0.25) is 0 Å². The predicted molar refractivity (Wildman–Crippen MR) is 73.1 cm³/mol. The van der Waals surface area contributed by atoms with Crippen LogP contribution in [-0.4, -0.2) is 25.5 Å². The molecule has 0 radical (unpaired) electrons. The molecular formula is C12H15BrN2O3. The fraction of sp³-hybridized carbons (Fsp3) is 0.333. The van der Waals surface area contributed by atoms with Crippen molar-refractivity contribution in [3.63, 3.8) is 0 Å². The molecule has 0 aliphatic carbocycles. The maximum atomic E-state index is 11.1. The first-order valence-corrected chi connectivity index (χ1v) is 6.18. The predicted octanol–water partition coefficient (Wildman–Crippen LogP) is 2.93. The number of carbonyl (C=O) groups excluding carboxylic acids is 1. The maximum Gasteiger partial charge on any atom is 0.427 e. The van der Waals surface area contributed by atoms with Crippen molar-refractivity contribution < 1.29 is 14.3 Å². The van der Waals surface area contributed by atoms with Gasteiger partial charge in [-0.25, -0.2) is 10.2 Å². The number of carbonyl (C=O) groups is 1. The number of rotatable bonds is 4. The van der Waals surface area contributed by atoms with Gasteiger partial charge in [-0.3, -0.25) is 0 Å². The molecule has 0 saturated carbocycles. The van der Waals surface area contributed by atoms with Crippen LogP contribution in [0.15, 0.2) is 27.8 Å². The zero-order valence-corrected chi connectivity index (χ0v) is 12.1. The Balaban J connectivity index is 2.77. The number of benzene rings is 1. The van der Waals surface area contributed by atoms with Crippen LogP contribution < -0.4 is 10.2 Å². The van der Waals surface area contributed by atoms with Gasteiger partial charge in [0.15, 0.2) is 0 Å². The molecule has 0 aliphatic heterocycles. The molecule has 1 N–H and O–H groups in total. The molecule has 0 aromatic heterocycles. The number of hydrogen-bond acceptors (Lipinski definition) is 4. The molecule has 98 valence electrons. The Morgan fingerprint density at radius 3 is 2.78 bits per heavy atom. The standard InChI is InChI=1S/C12H15BrN2O3/c1-4-18-12(16)15-14-8(2)9-5-6-11(17-3)10(13)7-9/h5-7H,4H2,1-3H3,(H,15,16)/b14-8-. The maximum absolute atomic E-state index is 11.1. The van der Waals surface area contributed by atoms with E-state index in [2.05, 4.69) is 26.5 Å². The topological polar surface area (TPSA) is 59.9 Å². The van der Waals surface area contributed by atoms with E-state index in [-0.39, 0.29) is 0 Å². The van der Waals surface area contributed by atoms with Crippen LogP contribution in [0.5, 0.6) is 5.75 Å². The number of nitrogens with one attached hydrogen (secondary N) is 1. The Morgan fingerprint density at radius 2 is 2.22 bits per heavy atom. The molecule has 0 bridgehead atoms. The van der Waals surface area contributed by atoms with Crippen molar-refractivity contribution in [1.82, 2.24) is 5.43 Å². The highest BCUT2D eigenvalue weighted by Crippen LogP contribution is 2.25. The summed E-state index contributed by atoms with van der Waals surface area (Å²) in [6.45, 7) is 3.84. The van der Waals surface area contributed by atoms with E-state index >= 15 is 0 Å². The van der Waals surface area contributed by atoms with Crippen molar-refractivity contribution in [1.29, 1.82) is 0 Å². The van der Waals surface area contributed by atoms with E-state index in [0.717, 1.165) is 15.8 Å². The van der Waals surface area contributed by atoms with Crippen molar-refractivity contribution >= 4 is 27.7 Å². The van der Waals surface area contributed by atoms with Crippen molar-refractivity contribution in [2.75, 3.05) is 13.7 Å². The number of halogens is 1. The van der Waals surface area contributed by atoms with Crippen LogP contribution in [0, 0.1) is 0 Å². The van der Waals surface area contributed by atoms with Gasteiger partial charge in [0.25, 0.3) is 0 Å². The molecule has 0 heterocycles. The van der Waals surface area contributed by atoms with Gasteiger partial charge in [0.1, 0.15) is 5.75 Å². The summed E-state index contributed by atoms with van der Waals surface area (Å²) < 4.78 is 10.7. The number of methoxy groups -OCH3 is 1. The zero-order chi connectivity index (χ0) is 13.5. The van der Waals surface area contributed by atoms with Crippen molar-refractivity contribution in [3.8, 4) is 5.75 Å². The highest BCUT2D eigenvalue weighted by molar-refractivity contribution is 9.10. The van der Waals surface area contributed by atoms with E-state index < -0.39 is 6.09 Å². The number of amides is 1. The van der Waals surface area contributed by atoms with Crippen LogP contribution in [0.2, 0.25) is 0 Å². The van der Waals surface area contributed by atoms with Crippen LogP contribution in [0.4, 0.5) is 4.79 Å². The molecule has 1 amide bonds. The molecule has 5 nitrogen and oxygen atoms in total. The van der Waals surface area contributed by atoms with E-state index in [1.807, 2.05) is 18.2 Å². The molecule has 0 unspecified atom stereocenters. The molecule has 0 spiro atoms. The third-order valence-electron chi connectivity index (χ3n) is 2.16. The summed E-state index contributed by atoms with van der Waals surface area (Å²) in [4.78, 5) is 11.1. The number of hydrazone groups is 1. The third kappa shape index (κ3) is 4.03. The van der Waals surface area contributed by atoms with Crippen LogP contribution in [0.3, 0.4) is 0 Å². The summed E-state index contributed by atoms with van der Waals surface area (Å²) >= 11 is 3.39. The number of nitrogens with zero attached hydrogens (tertiary/aromatic N) is 1. The lowest BCUT2D eigenvalue weighted by Gasteiger charge is -2.06. The Bertz CT molecular complexity index is 461. The number of hydrogen-bond donors (Lipinski definition) is 1. The Labute approximate surface area is 114 Å². The molecule has 1 aromatic rings. The van der Waals surface area contributed by atoms with Gasteiger partial charge >= 0.3 is 6.09 Å². The molecule has 0 atom stereocenters. The minimum atomic E-state index is -0.565. The monoisotopic (exact) mass is 314 g/mol. The molecule has 0 fully saturated rings. The van der Waals surface area contributed by atoms with Gasteiger partial charge in [0, 0.05) is 0 Å². The van der Waals surface area contributed by atoms with Gasteiger partial charge in [-0.1, -0.05) is 0 Å². The van der Waals surface area contributed by atoms with E-state index in [1.165, 1.54) is 0 Å². The van der Waals surface area contributed by atoms with Gasteiger partial charge in [0.05, 0.1) is 23.9 Å². The zero-order valence-electron chi connectivity index (χ0n) is 10.5. The smallest absolute Gasteiger partial charge is 0.427 e. The van der Waals surface area contributed by atoms with Crippen LogP contribution in [-0.2, 0) is 4.74 Å². The number of ether oxygens (including phenoxy) is 2. The Morgan fingerprint density at radius 1 is 1.50 bits per heavy atom. The van der Waals surface area contributed by atoms with E-state index in [9.17, 15) is 4.79 Å². The van der Waals surface area contributed by atoms with Crippen LogP contribution in [0.25, 0.3) is 0 Å². The molecule has 6 heteroatoms. The second kappa shape index (κ2) is 7.00. The lowest BCUT2D eigenvalue weighted by atomic mass is 10.1. The molecule has 0 saturated heterocycles. The first-order valence-electron chi connectivity index (χ1n) is 5.39. The molecular weight excluding hydrogens is 300 g/mol. The molecule has 1 rings (SSSR count). The summed E-state index contributed by atoms with van der Waals surface area (Å²) in [6.07, 6.45) is -0.565. The van der Waals surface area contributed by atoms with E-state index in [1.54, 1.807) is 21.0 Å². The van der Waals surface area contributed by atoms with Gasteiger partial charge in [-0.05, 0) is 53.5 Å². The molecule has 18 heavy (non-hydrogen) atoms. The minimum Gasteiger partial charge on any atom is -0.496 e. The Hall–Kier alpha value is -1.56. The highest BCUT2D eigenvalue weighted by atomic mass is 79.9. The first kappa shape index (κ1) is 14.5. The summed E-state index contributed by atoms with van der Waals surface area (Å²) in [5.74, 6) is 0.741. The average Bonchev–Trinajstić information content (AvgIpc) is 2.36. The van der Waals surface area contributed by atoms with Gasteiger partial charge in [-0.2, -0.15) is 5.10 Å². The van der Waals surface area contributed by atoms with E-state index in [0.29, 0.717) is 12.3 Å². The fourth-order valence-electron chi connectivity index (χ4n) is 1.25. The van der Waals surface area contributed by atoms with Gasteiger partial charge < -0.3 is 9.47 Å². The summed E-state index contributed by atoms with van der Waals surface area (Å²) in [5, 5.41) is 3.94. The Kier molecular flexibility index (Phi) is 5.64. The minimum absolute atomic E-state index is 0.314. The van der Waals surface area contributed by atoms with Crippen molar-refractivity contribution in [2.24, 2.45) is 5.10 Å². The second-order valence-corrected chi connectivity index (χ2v) is 4.23. The van der Waals surface area contributed by atoms with Crippen LogP contribution >= 0.6 is 15.9 Å². The normalized spacial score (nSPS) is 11.0. The summed E-state index contributed by atoms with van der Waals surface area (Å²) in [7, 11) is 1.60. The summed E-state index contributed by atoms with van der Waals surface area (Å²) in [6, 6.07) is 5.54. The highest BCUT2D eigenvalue weighted by Gasteiger charge is 2.04. The van der Waals surface area contributed by atoms with Gasteiger partial charge in [-0.15, -0.1) is 0 Å². The van der Waals surface area contributed by atoms with Crippen LogP contribution in [0.1, 0.15) is 19.4 Å². The first-order chi connectivity index (χ1) is 8.58. The lowest BCUT2D eigenvalue weighted by Crippen LogP contribution is -2.20. The lowest BCUT2D eigenvalue weighted by molar-refractivity contribution is 0.152. The molecule has 0 aliphatic rings. The quantitative estimate of drug-likeness (QED) is 0.686. The molecule has 1 aromatic carbocycles. The summed E-state index contributed by atoms with van der Waals surface area (Å²) in [5.41, 5.74) is 3.86. The average molecular weight is 315 g/mol. The largest absolute Gasteiger partial charge is 0.496 e. The SMILES string of the molecule is CCOC(=O)N/N=C(/C)c1ccc(OC)c(Br)c1. The van der Waals surface area contributed by atoms with Crippen molar-refractivity contribution in [3.05, 3.63) is 28.2 Å². The third-order valence-corrected chi connectivity index (χ3v) is 2.78. The second-order valence-electron chi connectivity index (χ2n) is 3.38. The fourth-order valence-corrected chi connectivity index (χ4v) is 1.79. The van der Waals surface area contributed by atoms with Crippen molar-refractivity contribution in [2.45, 2.75) is 13.8 Å².